The van der Waals surface area contributed by atoms with Gasteiger partial charge >= 0.3 is 0 Å². The number of benzene rings is 1. The molecule has 2 rings (SSSR count). The van der Waals surface area contributed by atoms with Crippen LogP contribution in [0.5, 0.6) is 5.75 Å². The maximum atomic E-state index is 13.2. The van der Waals surface area contributed by atoms with Gasteiger partial charge in [0.15, 0.2) is 23.3 Å². The minimum Gasteiger partial charge on any atom is -0.481 e. The number of hydrogen-bond donors (Lipinski definition) is 1. The van der Waals surface area contributed by atoms with E-state index in [4.69, 9.17) is 4.74 Å². The number of carbonyl (C=O) groups is 1. The lowest BCUT2D eigenvalue weighted by Gasteiger charge is -2.06. The number of nitrogens with zero attached hydrogens (tertiary/aromatic N) is 1. The highest BCUT2D eigenvalue weighted by Gasteiger charge is 2.07. The van der Waals surface area contributed by atoms with Crippen LogP contribution in [-0.4, -0.2) is 17.5 Å². The molecular formula is C11H9FN2O2S. The molecule has 1 N–H and O–H groups in total. The lowest BCUT2D eigenvalue weighted by Crippen LogP contribution is -2.20. The fourth-order valence-electron chi connectivity index (χ4n) is 1.15. The monoisotopic (exact) mass is 252 g/mol. The molecule has 0 aliphatic rings. The number of anilines is 1. The molecule has 0 spiro atoms. The van der Waals surface area contributed by atoms with E-state index in [0.29, 0.717) is 5.13 Å². The Balaban J connectivity index is 1.86. The van der Waals surface area contributed by atoms with Gasteiger partial charge in [-0.15, -0.1) is 11.3 Å². The molecule has 0 radical (unpaired) electrons. The van der Waals surface area contributed by atoms with Crippen LogP contribution in [0.4, 0.5) is 9.52 Å². The Kier molecular flexibility index (Phi) is 3.66. The second-order valence-electron chi connectivity index (χ2n) is 3.10. The number of nitrogens with one attached hydrogen (secondary N) is 1. The number of carbonyl (C=O) groups excluding carboxylic acids is 1. The Labute approximate surface area is 101 Å². The van der Waals surface area contributed by atoms with Crippen molar-refractivity contribution in [1.82, 2.24) is 4.98 Å². The van der Waals surface area contributed by atoms with Gasteiger partial charge in [0.2, 0.25) is 0 Å². The van der Waals surface area contributed by atoms with Crippen LogP contribution in [0.2, 0.25) is 0 Å². The summed E-state index contributed by atoms with van der Waals surface area (Å²) in [5.41, 5.74) is 0. The highest BCUT2D eigenvalue weighted by atomic mass is 32.1. The zero-order valence-corrected chi connectivity index (χ0v) is 9.54. The van der Waals surface area contributed by atoms with Gasteiger partial charge in [0.05, 0.1) is 0 Å². The second kappa shape index (κ2) is 5.40. The fourth-order valence-corrected chi connectivity index (χ4v) is 1.69. The van der Waals surface area contributed by atoms with Gasteiger partial charge in [-0.2, -0.15) is 0 Å². The van der Waals surface area contributed by atoms with Gasteiger partial charge in [-0.1, -0.05) is 12.1 Å². The van der Waals surface area contributed by atoms with Crippen molar-refractivity contribution >= 4 is 22.4 Å². The minimum absolute atomic E-state index is 0.0572. The van der Waals surface area contributed by atoms with Crippen molar-refractivity contribution in [1.29, 1.82) is 0 Å². The molecule has 1 aromatic carbocycles. The molecule has 0 aliphatic heterocycles. The predicted octanol–water partition coefficient (Wildman–Crippen LogP) is 2.30. The van der Waals surface area contributed by atoms with E-state index in [0.717, 1.165) is 0 Å². The first-order valence-electron chi connectivity index (χ1n) is 4.82. The molecule has 0 fully saturated rings. The van der Waals surface area contributed by atoms with Crippen LogP contribution in [0.1, 0.15) is 0 Å². The largest absolute Gasteiger partial charge is 0.481 e. The fraction of sp³-hybridized carbons (Fsp3) is 0.0909. The molecule has 4 nitrogen and oxygen atoms in total. The predicted molar refractivity (Wildman–Crippen MR) is 62.6 cm³/mol. The smallest absolute Gasteiger partial charge is 0.264 e. The van der Waals surface area contributed by atoms with Crippen LogP contribution in [0, 0.1) is 5.82 Å². The van der Waals surface area contributed by atoms with E-state index in [1.807, 2.05) is 0 Å². The summed E-state index contributed by atoms with van der Waals surface area (Å²) >= 11 is 1.30. The topological polar surface area (TPSA) is 51.2 Å². The summed E-state index contributed by atoms with van der Waals surface area (Å²) in [6.07, 6.45) is 1.58. The second-order valence-corrected chi connectivity index (χ2v) is 4.00. The van der Waals surface area contributed by atoms with Crippen molar-refractivity contribution in [2.45, 2.75) is 0 Å². The summed E-state index contributed by atoms with van der Waals surface area (Å²) < 4.78 is 18.2. The van der Waals surface area contributed by atoms with E-state index in [-0.39, 0.29) is 18.3 Å². The Bertz CT molecular complexity index is 502. The summed E-state index contributed by atoms with van der Waals surface area (Å²) in [5, 5.41) is 4.77. The molecule has 1 aromatic heterocycles. The van der Waals surface area contributed by atoms with E-state index in [1.54, 1.807) is 23.7 Å². The van der Waals surface area contributed by atoms with Crippen LogP contribution in [-0.2, 0) is 4.79 Å². The van der Waals surface area contributed by atoms with Crippen molar-refractivity contribution in [3.05, 3.63) is 41.7 Å². The third kappa shape index (κ3) is 3.25. The molecule has 0 unspecified atom stereocenters. The average molecular weight is 252 g/mol. The van der Waals surface area contributed by atoms with E-state index < -0.39 is 5.82 Å². The number of ether oxygens (including phenoxy) is 1. The van der Waals surface area contributed by atoms with Gasteiger partial charge in [0.25, 0.3) is 5.91 Å². The summed E-state index contributed by atoms with van der Waals surface area (Å²) in [5.74, 6) is -0.806. The number of halogens is 1. The number of amides is 1. The molecule has 6 heteroatoms. The van der Waals surface area contributed by atoms with Crippen LogP contribution in [0.25, 0.3) is 0 Å². The molecule has 1 amide bonds. The van der Waals surface area contributed by atoms with Crippen molar-refractivity contribution in [2.75, 3.05) is 11.9 Å². The van der Waals surface area contributed by atoms with Gasteiger partial charge in [-0.05, 0) is 12.1 Å². The first kappa shape index (κ1) is 11.5. The highest BCUT2D eigenvalue weighted by molar-refractivity contribution is 7.13. The number of rotatable bonds is 4. The summed E-state index contributed by atoms with van der Waals surface area (Å²) in [6.45, 7) is -0.249. The molecule has 0 saturated carbocycles. The SMILES string of the molecule is O=C(COc1ccccc1F)Nc1nccs1. The number of aromatic nitrogens is 1. The van der Waals surface area contributed by atoms with Gasteiger partial charge in [-0.3, -0.25) is 10.1 Å². The van der Waals surface area contributed by atoms with Gasteiger partial charge < -0.3 is 4.74 Å². The third-order valence-electron chi connectivity index (χ3n) is 1.87. The van der Waals surface area contributed by atoms with Crippen molar-refractivity contribution in [2.24, 2.45) is 0 Å². The Morgan fingerprint density at radius 1 is 1.47 bits per heavy atom. The molecule has 17 heavy (non-hydrogen) atoms. The molecule has 1 heterocycles. The maximum absolute atomic E-state index is 13.2. The first-order valence-corrected chi connectivity index (χ1v) is 5.70. The van der Waals surface area contributed by atoms with Crippen LogP contribution >= 0.6 is 11.3 Å². The van der Waals surface area contributed by atoms with E-state index in [9.17, 15) is 9.18 Å². The van der Waals surface area contributed by atoms with Crippen molar-refractivity contribution in [3.8, 4) is 5.75 Å². The summed E-state index contributed by atoms with van der Waals surface area (Å²) in [7, 11) is 0. The molecule has 0 aliphatic carbocycles. The van der Waals surface area contributed by atoms with E-state index >= 15 is 0 Å². The number of hydrogen-bond acceptors (Lipinski definition) is 4. The summed E-state index contributed by atoms with van der Waals surface area (Å²) in [6, 6.07) is 5.93. The van der Waals surface area contributed by atoms with Crippen LogP contribution in [0.3, 0.4) is 0 Å². The molecule has 88 valence electrons. The molecule has 0 atom stereocenters. The maximum Gasteiger partial charge on any atom is 0.264 e. The van der Waals surface area contributed by atoms with Gasteiger partial charge in [-0.25, -0.2) is 9.37 Å². The van der Waals surface area contributed by atoms with E-state index in [1.165, 1.54) is 23.5 Å². The Morgan fingerprint density at radius 3 is 3.00 bits per heavy atom. The number of para-hydroxylation sites is 1. The van der Waals surface area contributed by atoms with Gasteiger partial charge in [0, 0.05) is 11.6 Å². The zero-order chi connectivity index (χ0) is 12.1. The lowest BCUT2D eigenvalue weighted by atomic mass is 10.3. The number of thiazole rings is 1. The van der Waals surface area contributed by atoms with Crippen molar-refractivity contribution in [3.63, 3.8) is 0 Å². The minimum atomic E-state index is -0.491. The molecule has 0 saturated heterocycles. The van der Waals surface area contributed by atoms with Crippen LogP contribution in [0.15, 0.2) is 35.8 Å². The standard InChI is InChI=1S/C11H9FN2O2S/c12-8-3-1-2-4-9(8)16-7-10(15)14-11-13-5-6-17-11/h1-6H,7H2,(H,13,14,15). The normalized spacial score (nSPS) is 9.94. The average Bonchev–Trinajstić information content (AvgIpc) is 2.81. The zero-order valence-electron chi connectivity index (χ0n) is 8.72. The Morgan fingerprint density at radius 2 is 2.29 bits per heavy atom. The summed E-state index contributed by atoms with van der Waals surface area (Å²) in [4.78, 5) is 15.3. The third-order valence-corrected chi connectivity index (χ3v) is 2.56. The van der Waals surface area contributed by atoms with E-state index in [2.05, 4.69) is 10.3 Å². The molecular weight excluding hydrogens is 243 g/mol. The Hall–Kier alpha value is -1.95. The first-order chi connectivity index (χ1) is 8.25. The quantitative estimate of drug-likeness (QED) is 0.908. The van der Waals surface area contributed by atoms with Crippen LogP contribution < -0.4 is 10.1 Å². The van der Waals surface area contributed by atoms with Gasteiger partial charge in [0.1, 0.15) is 0 Å². The lowest BCUT2D eigenvalue weighted by molar-refractivity contribution is -0.118. The molecule has 0 bridgehead atoms. The van der Waals surface area contributed by atoms with Crippen molar-refractivity contribution < 1.29 is 13.9 Å². The molecule has 2 aromatic rings. The highest BCUT2D eigenvalue weighted by Crippen LogP contribution is 2.15.